The van der Waals surface area contributed by atoms with Gasteiger partial charge in [0.25, 0.3) is 0 Å². The topological polar surface area (TPSA) is 64.2 Å². The number of hydrogen-bond donors (Lipinski definition) is 1. The highest BCUT2D eigenvalue weighted by Crippen LogP contribution is 2.27. The lowest BCUT2D eigenvalue weighted by Crippen LogP contribution is -2.00. The highest BCUT2D eigenvalue weighted by atomic mass is 35.5. The van der Waals surface area contributed by atoms with E-state index in [0.717, 1.165) is 5.56 Å². The van der Waals surface area contributed by atoms with E-state index in [2.05, 4.69) is 14.9 Å². The van der Waals surface area contributed by atoms with Gasteiger partial charge in [-0.3, -0.25) is 5.10 Å². The Labute approximate surface area is 109 Å². The highest BCUT2D eigenvalue weighted by Gasteiger charge is 2.12. The van der Waals surface area contributed by atoms with Gasteiger partial charge in [0.2, 0.25) is 0 Å². The van der Waals surface area contributed by atoms with Gasteiger partial charge < -0.3 is 9.47 Å². The molecular formula is C12H11ClN2O3. The molecule has 0 aliphatic carbocycles. The second-order valence-electron chi connectivity index (χ2n) is 3.54. The van der Waals surface area contributed by atoms with Gasteiger partial charge in [0.1, 0.15) is 11.4 Å². The maximum atomic E-state index is 11.3. The van der Waals surface area contributed by atoms with Gasteiger partial charge in [-0.05, 0) is 24.3 Å². The number of H-pyrrole nitrogens is 1. The third kappa shape index (κ3) is 2.46. The number of benzene rings is 1. The Balaban J connectivity index is 2.39. The molecule has 0 aliphatic heterocycles. The zero-order valence-corrected chi connectivity index (χ0v) is 10.6. The molecule has 0 saturated carbocycles. The Morgan fingerprint density at radius 1 is 1.28 bits per heavy atom. The van der Waals surface area contributed by atoms with Crippen LogP contribution in [-0.4, -0.2) is 30.4 Å². The van der Waals surface area contributed by atoms with E-state index in [1.54, 1.807) is 31.4 Å². The van der Waals surface area contributed by atoms with Crippen LogP contribution in [0, 0.1) is 0 Å². The van der Waals surface area contributed by atoms with E-state index >= 15 is 0 Å². The molecule has 1 heterocycles. The number of rotatable bonds is 3. The number of nitrogens with one attached hydrogen (secondary N) is 1. The first kappa shape index (κ1) is 12.4. The van der Waals surface area contributed by atoms with Gasteiger partial charge in [-0.15, -0.1) is 0 Å². The minimum absolute atomic E-state index is 0.284. The van der Waals surface area contributed by atoms with Crippen molar-refractivity contribution in [3.05, 3.63) is 35.0 Å². The number of nitrogens with zero attached hydrogens (tertiary/aromatic N) is 1. The average Bonchev–Trinajstić information content (AvgIpc) is 2.86. The molecule has 18 heavy (non-hydrogen) atoms. The number of aromatic amines is 1. The number of ether oxygens (including phenoxy) is 2. The monoisotopic (exact) mass is 266 g/mol. The smallest absolute Gasteiger partial charge is 0.356 e. The van der Waals surface area contributed by atoms with Crippen LogP contribution in [0.15, 0.2) is 24.3 Å². The van der Waals surface area contributed by atoms with Crippen LogP contribution in [0.5, 0.6) is 5.75 Å². The van der Waals surface area contributed by atoms with E-state index in [0.29, 0.717) is 16.5 Å². The van der Waals surface area contributed by atoms with Crippen LogP contribution in [-0.2, 0) is 4.74 Å². The van der Waals surface area contributed by atoms with E-state index in [-0.39, 0.29) is 5.69 Å². The second kappa shape index (κ2) is 5.10. The number of methoxy groups -OCH3 is 2. The number of carbonyl (C=O) groups is 1. The van der Waals surface area contributed by atoms with Crippen molar-refractivity contribution in [3.8, 4) is 17.0 Å². The number of carbonyl (C=O) groups excluding carboxylic acids is 1. The summed E-state index contributed by atoms with van der Waals surface area (Å²) in [7, 11) is 2.87. The van der Waals surface area contributed by atoms with E-state index in [4.69, 9.17) is 16.3 Å². The van der Waals surface area contributed by atoms with Crippen LogP contribution in [0.1, 0.15) is 10.5 Å². The third-order valence-corrected chi connectivity index (χ3v) is 2.60. The molecule has 5 nitrogen and oxygen atoms in total. The minimum Gasteiger partial charge on any atom is -0.497 e. The van der Waals surface area contributed by atoms with E-state index < -0.39 is 5.97 Å². The standard InChI is InChI=1S/C12H11ClN2O3/c1-17-9-4-7(3-8(13)5-9)10-6-11(15-14-10)12(16)18-2/h3-6H,1-2H3,(H,14,15). The maximum Gasteiger partial charge on any atom is 0.356 e. The molecule has 1 aromatic carbocycles. The molecule has 0 spiro atoms. The van der Waals surface area contributed by atoms with Gasteiger partial charge in [-0.1, -0.05) is 11.6 Å². The SMILES string of the molecule is COC(=O)c1cc(-c2cc(Cl)cc(OC)c2)n[nH]1. The van der Waals surface area contributed by atoms with Gasteiger partial charge in [-0.2, -0.15) is 5.10 Å². The lowest BCUT2D eigenvalue weighted by atomic mass is 10.1. The molecule has 0 saturated heterocycles. The van der Waals surface area contributed by atoms with Crippen LogP contribution >= 0.6 is 11.6 Å². The average molecular weight is 267 g/mol. The summed E-state index contributed by atoms with van der Waals surface area (Å²) in [5, 5.41) is 7.17. The first-order valence-electron chi connectivity index (χ1n) is 5.12. The van der Waals surface area contributed by atoms with Gasteiger partial charge in [0, 0.05) is 10.6 Å². The summed E-state index contributed by atoms with van der Waals surface area (Å²) in [4.78, 5) is 11.3. The predicted octanol–water partition coefficient (Wildman–Crippen LogP) is 2.53. The molecule has 1 aromatic heterocycles. The zero-order chi connectivity index (χ0) is 13.1. The highest BCUT2D eigenvalue weighted by molar-refractivity contribution is 6.31. The fourth-order valence-corrected chi connectivity index (χ4v) is 1.74. The van der Waals surface area contributed by atoms with Crippen LogP contribution in [0.25, 0.3) is 11.3 Å². The zero-order valence-electron chi connectivity index (χ0n) is 9.86. The molecule has 0 radical (unpaired) electrons. The molecule has 0 atom stereocenters. The Bertz CT molecular complexity index is 580. The Kier molecular flexibility index (Phi) is 3.53. The molecule has 0 amide bonds. The van der Waals surface area contributed by atoms with Crippen LogP contribution in [0.2, 0.25) is 5.02 Å². The lowest BCUT2D eigenvalue weighted by Gasteiger charge is -2.03. The molecule has 0 bridgehead atoms. The number of hydrogen-bond acceptors (Lipinski definition) is 4. The molecule has 0 unspecified atom stereocenters. The fraction of sp³-hybridized carbons (Fsp3) is 0.167. The van der Waals surface area contributed by atoms with Crippen molar-refractivity contribution in [3.63, 3.8) is 0 Å². The molecule has 6 heteroatoms. The Morgan fingerprint density at radius 3 is 2.72 bits per heavy atom. The number of halogens is 1. The summed E-state index contributed by atoms with van der Waals surface area (Å²) < 4.78 is 9.71. The first-order chi connectivity index (χ1) is 8.63. The molecule has 0 aliphatic rings. The van der Waals surface area contributed by atoms with Crippen LogP contribution in [0.3, 0.4) is 0 Å². The summed E-state index contributed by atoms with van der Waals surface area (Å²) in [6, 6.07) is 6.81. The van der Waals surface area contributed by atoms with Crippen molar-refractivity contribution < 1.29 is 14.3 Å². The van der Waals surface area contributed by atoms with Gasteiger partial charge in [0.15, 0.2) is 0 Å². The normalized spacial score (nSPS) is 10.2. The van der Waals surface area contributed by atoms with E-state index in [1.165, 1.54) is 7.11 Å². The summed E-state index contributed by atoms with van der Waals surface area (Å²) in [6.07, 6.45) is 0. The fourth-order valence-electron chi connectivity index (χ4n) is 1.51. The van der Waals surface area contributed by atoms with E-state index in [1.807, 2.05) is 0 Å². The van der Waals surface area contributed by atoms with Gasteiger partial charge in [-0.25, -0.2) is 4.79 Å². The lowest BCUT2D eigenvalue weighted by molar-refractivity contribution is 0.0594. The summed E-state index contributed by atoms with van der Waals surface area (Å²) in [5.74, 6) is 0.155. The predicted molar refractivity (Wildman–Crippen MR) is 66.9 cm³/mol. The van der Waals surface area contributed by atoms with Crippen molar-refractivity contribution in [2.45, 2.75) is 0 Å². The Hall–Kier alpha value is -2.01. The van der Waals surface area contributed by atoms with Crippen molar-refractivity contribution in [1.82, 2.24) is 10.2 Å². The molecule has 1 N–H and O–H groups in total. The summed E-state index contributed by atoms with van der Waals surface area (Å²) >= 11 is 5.97. The minimum atomic E-state index is -0.470. The molecule has 2 rings (SSSR count). The molecule has 0 fully saturated rings. The van der Waals surface area contributed by atoms with Crippen molar-refractivity contribution in [2.75, 3.05) is 14.2 Å². The maximum absolute atomic E-state index is 11.3. The molecule has 2 aromatic rings. The second-order valence-corrected chi connectivity index (χ2v) is 3.97. The third-order valence-electron chi connectivity index (χ3n) is 2.39. The van der Waals surface area contributed by atoms with Gasteiger partial charge in [0.05, 0.1) is 19.9 Å². The first-order valence-corrected chi connectivity index (χ1v) is 5.50. The van der Waals surface area contributed by atoms with Crippen LogP contribution < -0.4 is 4.74 Å². The number of aromatic nitrogens is 2. The Morgan fingerprint density at radius 2 is 2.06 bits per heavy atom. The van der Waals surface area contributed by atoms with Crippen LogP contribution in [0.4, 0.5) is 0 Å². The van der Waals surface area contributed by atoms with E-state index in [9.17, 15) is 4.79 Å². The molecule has 94 valence electrons. The van der Waals surface area contributed by atoms with Crippen molar-refractivity contribution >= 4 is 17.6 Å². The largest absolute Gasteiger partial charge is 0.497 e. The quantitative estimate of drug-likeness (QED) is 0.867. The van der Waals surface area contributed by atoms with Crippen molar-refractivity contribution in [2.24, 2.45) is 0 Å². The summed E-state index contributed by atoms with van der Waals surface area (Å²) in [5.41, 5.74) is 1.63. The van der Waals surface area contributed by atoms with Gasteiger partial charge >= 0.3 is 5.97 Å². The molecular weight excluding hydrogens is 256 g/mol. The number of esters is 1. The summed E-state index contributed by atoms with van der Waals surface area (Å²) in [6.45, 7) is 0. The van der Waals surface area contributed by atoms with Crippen molar-refractivity contribution in [1.29, 1.82) is 0 Å².